The molecule has 0 fully saturated rings. The molecule has 7 nitrogen and oxygen atoms in total. The lowest BCUT2D eigenvalue weighted by atomic mass is 10.1. The van der Waals surface area contributed by atoms with E-state index < -0.39 is 0 Å². The van der Waals surface area contributed by atoms with Crippen molar-refractivity contribution in [3.05, 3.63) is 112 Å². The normalized spacial score (nSPS) is 12.0. The highest BCUT2D eigenvalue weighted by molar-refractivity contribution is 7.15. The lowest BCUT2D eigenvalue weighted by Gasteiger charge is -2.09. The third-order valence-electron chi connectivity index (χ3n) is 5.76. The number of hydrogen-bond donors (Lipinski definition) is 0. The molecule has 0 radical (unpaired) electrons. The van der Waals surface area contributed by atoms with Crippen LogP contribution in [0.4, 0.5) is 0 Å². The number of thiazole rings is 1. The van der Waals surface area contributed by atoms with Gasteiger partial charge >= 0.3 is 0 Å². The smallest absolute Gasteiger partial charge is 0.291 e. The maximum atomic E-state index is 13.2. The third-order valence-corrected chi connectivity index (χ3v) is 6.72. The predicted octanol–water partition coefficient (Wildman–Crippen LogP) is 5.01. The Balaban J connectivity index is 1.45. The third kappa shape index (κ3) is 4.54. The van der Waals surface area contributed by atoms with Crippen molar-refractivity contribution in [2.45, 2.75) is 20.0 Å². The van der Waals surface area contributed by atoms with Gasteiger partial charge in [-0.05, 0) is 56.3 Å². The van der Waals surface area contributed by atoms with E-state index in [2.05, 4.69) is 10.1 Å². The minimum atomic E-state index is -0.200. The fourth-order valence-electron chi connectivity index (χ4n) is 4.08. The van der Waals surface area contributed by atoms with E-state index in [4.69, 9.17) is 9.84 Å². The van der Waals surface area contributed by atoms with Crippen molar-refractivity contribution in [2.75, 3.05) is 0 Å². The molecule has 0 spiro atoms. The molecular weight excluding hydrogens is 482 g/mol. The Bertz CT molecular complexity index is 1790. The summed E-state index contributed by atoms with van der Waals surface area (Å²) in [5.74, 6) is 1.34. The molecule has 6 aromatic rings. The highest BCUT2D eigenvalue weighted by atomic mass is 32.1. The maximum absolute atomic E-state index is 13.2. The number of nitrogens with zero attached hydrogens (tertiary/aromatic N) is 5. The van der Waals surface area contributed by atoms with Gasteiger partial charge in [0.25, 0.3) is 5.56 Å². The average Bonchev–Trinajstić information content (AvgIpc) is 3.61. The number of fused-ring (bicyclic) bond motifs is 1. The molecule has 3 aromatic carbocycles. The number of aromatic nitrogens is 5. The van der Waals surface area contributed by atoms with Crippen molar-refractivity contribution >= 4 is 22.4 Å². The molecule has 0 N–H and O–H groups in total. The summed E-state index contributed by atoms with van der Waals surface area (Å²) < 4.78 is 9.54. The van der Waals surface area contributed by atoms with Crippen molar-refractivity contribution in [3.8, 4) is 34.1 Å². The highest BCUT2D eigenvalue weighted by Crippen LogP contribution is 2.27. The molecule has 6 rings (SSSR count). The monoisotopic (exact) mass is 505 g/mol. The second-order valence-electron chi connectivity index (χ2n) is 8.82. The molecule has 0 unspecified atom stereocenters. The van der Waals surface area contributed by atoms with Gasteiger partial charge in [0.2, 0.25) is 4.96 Å². The lowest BCUT2D eigenvalue weighted by Crippen LogP contribution is -2.23. The van der Waals surface area contributed by atoms with Gasteiger partial charge < -0.3 is 4.74 Å². The molecule has 0 aliphatic carbocycles. The summed E-state index contributed by atoms with van der Waals surface area (Å²) in [7, 11) is 0. The van der Waals surface area contributed by atoms with Crippen molar-refractivity contribution in [1.82, 2.24) is 24.4 Å². The van der Waals surface area contributed by atoms with Gasteiger partial charge in [0.15, 0.2) is 5.82 Å². The van der Waals surface area contributed by atoms with E-state index in [0.29, 0.717) is 15.3 Å². The van der Waals surface area contributed by atoms with Crippen LogP contribution in [0.25, 0.3) is 39.4 Å². The van der Waals surface area contributed by atoms with Gasteiger partial charge in [-0.3, -0.25) is 4.79 Å². The molecular formula is C29H23N5O2S. The van der Waals surface area contributed by atoms with E-state index in [0.717, 1.165) is 33.8 Å². The van der Waals surface area contributed by atoms with Gasteiger partial charge in [-0.1, -0.05) is 59.9 Å². The molecule has 0 saturated heterocycles. The first-order valence-electron chi connectivity index (χ1n) is 11.9. The summed E-state index contributed by atoms with van der Waals surface area (Å²) in [6.07, 6.45) is 3.90. The molecule has 0 aliphatic heterocycles. The Morgan fingerprint density at radius 1 is 0.865 bits per heavy atom. The SMILES string of the molecule is CC(C)Oc1ccc(-c2nn(-c3ccccc3)cc2/C=c2/sc3nc(-c4ccccc4)nn3c2=O)cc1. The van der Waals surface area contributed by atoms with E-state index in [1.807, 2.05) is 116 Å². The molecule has 0 aliphatic rings. The van der Waals surface area contributed by atoms with Gasteiger partial charge in [0.1, 0.15) is 11.4 Å². The van der Waals surface area contributed by atoms with Crippen LogP contribution >= 0.6 is 11.3 Å². The van der Waals surface area contributed by atoms with Gasteiger partial charge in [-0.15, -0.1) is 5.10 Å². The largest absolute Gasteiger partial charge is 0.491 e. The summed E-state index contributed by atoms with van der Waals surface area (Å²) in [4.78, 5) is 18.4. The van der Waals surface area contributed by atoms with E-state index in [1.54, 1.807) is 0 Å². The van der Waals surface area contributed by atoms with Crippen LogP contribution in [0.3, 0.4) is 0 Å². The van der Waals surface area contributed by atoms with Crippen molar-refractivity contribution in [1.29, 1.82) is 0 Å². The first-order chi connectivity index (χ1) is 18.0. The van der Waals surface area contributed by atoms with Gasteiger partial charge in [-0.2, -0.15) is 14.6 Å². The van der Waals surface area contributed by atoms with Crippen LogP contribution in [0.15, 0.2) is 95.9 Å². The Hall–Kier alpha value is -4.56. The predicted molar refractivity (Wildman–Crippen MR) is 146 cm³/mol. The number of para-hydroxylation sites is 1. The molecule has 0 bridgehead atoms. The van der Waals surface area contributed by atoms with Crippen LogP contribution in [0.5, 0.6) is 5.75 Å². The molecule has 37 heavy (non-hydrogen) atoms. The number of hydrogen-bond acceptors (Lipinski definition) is 6. The second-order valence-corrected chi connectivity index (χ2v) is 9.82. The summed E-state index contributed by atoms with van der Waals surface area (Å²) in [5.41, 5.74) is 4.12. The Morgan fingerprint density at radius 2 is 1.57 bits per heavy atom. The van der Waals surface area contributed by atoms with E-state index in [1.165, 1.54) is 15.9 Å². The van der Waals surface area contributed by atoms with Crippen molar-refractivity contribution in [2.24, 2.45) is 0 Å². The molecule has 182 valence electrons. The number of benzene rings is 3. The van der Waals surface area contributed by atoms with Crippen LogP contribution in [0.1, 0.15) is 19.4 Å². The minimum absolute atomic E-state index is 0.0938. The molecule has 0 amide bonds. The lowest BCUT2D eigenvalue weighted by molar-refractivity contribution is 0.242. The van der Waals surface area contributed by atoms with Gasteiger partial charge in [0, 0.05) is 22.9 Å². The zero-order valence-electron chi connectivity index (χ0n) is 20.3. The molecule has 8 heteroatoms. The van der Waals surface area contributed by atoms with Gasteiger partial charge in [-0.25, -0.2) is 4.68 Å². The van der Waals surface area contributed by atoms with E-state index in [-0.39, 0.29) is 11.7 Å². The number of rotatable bonds is 6. The summed E-state index contributed by atoms with van der Waals surface area (Å²) in [6, 6.07) is 27.4. The van der Waals surface area contributed by atoms with Crippen LogP contribution in [-0.2, 0) is 0 Å². The fourth-order valence-corrected chi connectivity index (χ4v) is 4.98. The first kappa shape index (κ1) is 22.9. The standard InChI is InChI=1S/C29H23N5O2S/c1-19(2)36-24-15-13-20(14-16-24)26-22(18-33(31-26)23-11-7-4-8-12-23)17-25-28(35)34-29(37-25)30-27(32-34)21-9-5-3-6-10-21/h3-19H,1-2H3/b25-17+. The topological polar surface area (TPSA) is 74.3 Å². The summed E-state index contributed by atoms with van der Waals surface area (Å²) in [6.45, 7) is 4.00. The van der Waals surface area contributed by atoms with Crippen LogP contribution in [0, 0.1) is 0 Å². The van der Waals surface area contributed by atoms with Crippen molar-refractivity contribution < 1.29 is 4.74 Å². The fraction of sp³-hybridized carbons (Fsp3) is 0.103. The van der Waals surface area contributed by atoms with Crippen LogP contribution in [-0.4, -0.2) is 30.5 Å². The highest BCUT2D eigenvalue weighted by Gasteiger charge is 2.15. The van der Waals surface area contributed by atoms with Crippen LogP contribution in [0.2, 0.25) is 0 Å². The maximum Gasteiger partial charge on any atom is 0.291 e. The summed E-state index contributed by atoms with van der Waals surface area (Å²) >= 11 is 1.32. The van der Waals surface area contributed by atoms with E-state index >= 15 is 0 Å². The number of ether oxygens (including phenoxy) is 1. The Labute approximate surface area is 216 Å². The molecule has 3 heterocycles. The zero-order valence-corrected chi connectivity index (χ0v) is 21.1. The Morgan fingerprint density at radius 3 is 2.24 bits per heavy atom. The van der Waals surface area contributed by atoms with Gasteiger partial charge in [0.05, 0.1) is 16.3 Å². The molecule has 3 aromatic heterocycles. The second kappa shape index (κ2) is 9.48. The Kier molecular flexibility index (Phi) is 5.86. The van der Waals surface area contributed by atoms with Crippen molar-refractivity contribution in [3.63, 3.8) is 0 Å². The van der Waals surface area contributed by atoms with Crippen LogP contribution < -0.4 is 14.8 Å². The first-order valence-corrected chi connectivity index (χ1v) is 12.8. The summed E-state index contributed by atoms with van der Waals surface area (Å²) in [5, 5.41) is 9.33. The average molecular weight is 506 g/mol. The van der Waals surface area contributed by atoms with E-state index in [9.17, 15) is 4.79 Å². The quantitative estimate of drug-likeness (QED) is 0.318. The molecule has 0 saturated carbocycles. The zero-order chi connectivity index (χ0) is 25.4. The minimum Gasteiger partial charge on any atom is -0.491 e. The molecule has 0 atom stereocenters.